The Labute approximate surface area is 129 Å². The smallest absolute Gasteiger partial charge is 0.253 e. The van der Waals surface area contributed by atoms with Crippen LogP contribution in [0.4, 0.5) is 0 Å². The van der Waals surface area contributed by atoms with Gasteiger partial charge in [-0.2, -0.15) is 0 Å². The number of carbonyl (C=O) groups is 1. The van der Waals surface area contributed by atoms with Crippen molar-refractivity contribution in [3.8, 4) is 0 Å². The Morgan fingerprint density at radius 1 is 1.42 bits per heavy atom. The number of nitrogens with one attached hydrogen (secondary N) is 2. The van der Waals surface area contributed by atoms with Crippen LogP contribution in [0.3, 0.4) is 0 Å². The normalized spacial score (nSPS) is 22.5. The number of halogens is 3. The lowest BCUT2D eigenvalue weighted by atomic mass is 9.94. The van der Waals surface area contributed by atoms with Crippen LogP contribution >= 0.6 is 35.6 Å². The first-order valence-electron chi connectivity index (χ1n) is 6.04. The maximum atomic E-state index is 12.1. The van der Waals surface area contributed by atoms with E-state index < -0.39 is 0 Å². The Morgan fingerprint density at radius 2 is 2.16 bits per heavy atom. The number of hydrogen-bond donors (Lipinski definition) is 2. The molecule has 19 heavy (non-hydrogen) atoms. The van der Waals surface area contributed by atoms with Gasteiger partial charge in [-0.1, -0.05) is 30.1 Å². The van der Waals surface area contributed by atoms with Crippen molar-refractivity contribution < 1.29 is 4.79 Å². The molecule has 1 aliphatic rings. The summed E-state index contributed by atoms with van der Waals surface area (Å²) >= 11 is 11.8. The molecule has 6 heteroatoms. The van der Waals surface area contributed by atoms with Crippen LogP contribution in [0.5, 0.6) is 0 Å². The van der Waals surface area contributed by atoms with E-state index in [1.807, 2.05) is 0 Å². The lowest BCUT2D eigenvalue weighted by molar-refractivity contribution is 0.0915. The van der Waals surface area contributed by atoms with E-state index in [1.54, 1.807) is 18.2 Å². The van der Waals surface area contributed by atoms with E-state index in [4.69, 9.17) is 23.2 Å². The quantitative estimate of drug-likeness (QED) is 0.878. The van der Waals surface area contributed by atoms with Crippen LogP contribution in [-0.2, 0) is 0 Å². The molecule has 2 atom stereocenters. The fourth-order valence-corrected chi connectivity index (χ4v) is 2.60. The molecule has 1 aliphatic heterocycles. The van der Waals surface area contributed by atoms with Crippen LogP contribution in [0.1, 0.15) is 23.7 Å². The predicted octanol–water partition coefficient (Wildman–Crippen LogP) is 3.14. The van der Waals surface area contributed by atoms with E-state index >= 15 is 0 Å². The lowest BCUT2D eigenvalue weighted by Crippen LogP contribution is -2.50. The Kier molecular flexibility index (Phi) is 6.40. The molecule has 0 aromatic heterocycles. The molecule has 0 aliphatic carbocycles. The molecule has 0 spiro atoms. The summed E-state index contributed by atoms with van der Waals surface area (Å²) in [5, 5.41) is 7.21. The second-order valence-corrected chi connectivity index (χ2v) is 5.52. The molecular weight excluding hydrogens is 307 g/mol. The largest absolute Gasteiger partial charge is 0.348 e. The third-order valence-corrected chi connectivity index (χ3v) is 3.87. The van der Waals surface area contributed by atoms with Gasteiger partial charge >= 0.3 is 0 Å². The third kappa shape index (κ3) is 4.25. The standard InChI is InChI=1S/C13H16Cl2N2O.ClH/c1-8-4-5-16-7-12(8)17-13(18)10-3-2-9(14)6-11(10)15;/h2-3,6,8,12,16H,4-5,7H2,1H3,(H,17,18);1H. The molecule has 1 amide bonds. The van der Waals surface area contributed by atoms with E-state index in [0.29, 0.717) is 21.5 Å². The van der Waals surface area contributed by atoms with Gasteiger partial charge < -0.3 is 10.6 Å². The van der Waals surface area contributed by atoms with Crippen molar-refractivity contribution >= 4 is 41.5 Å². The summed E-state index contributed by atoms with van der Waals surface area (Å²) in [6.45, 7) is 3.96. The SMILES string of the molecule is CC1CCNCC1NC(=O)c1ccc(Cl)cc1Cl.Cl. The van der Waals surface area contributed by atoms with Gasteiger partial charge in [0.25, 0.3) is 5.91 Å². The Morgan fingerprint density at radius 3 is 2.79 bits per heavy atom. The monoisotopic (exact) mass is 322 g/mol. The van der Waals surface area contributed by atoms with Gasteiger partial charge in [0, 0.05) is 17.6 Å². The van der Waals surface area contributed by atoms with E-state index in [0.717, 1.165) is 19.5 Å². The van der Waals surface area contributed by atoms with Crippen molar-refractivity contribution in [2.45, 2.75) is 19.4 Å². The number of piperidine rings is 1. The van der Waals surface area contributed by atoms with Gasteiger partial charge in [0.1, 0.15) is 0 Å². The molecule has 1 saturated heterocycles. The second kappa shape index (κ2) is 7.34. The molecular formula is C13H17Cl3N2O. The van der Waals surface area contributed by atoms with Crippen molar-refractivity contribution in [2.24, 2.45) is 5.92 Å². The second-order valence-electron chi connectivity index (χ2n) is 4.67. The van der Waals surface area contributed by atoms with Gasteiger partial charge in [0.2, 0.25) is 0 Å². The first-order valence-corrected chi connectivity index (χ1v) is 6.80. The van der Waals surface area contributed by atoms with E-state index in [2.05, 4.69) is 17.6 Å². The number of hydrogen-bond acceptors (Lipinski definition) is 2. The van der Waals surface area contributed by atoms with Crippen molar-refractivity contribution in [3.05, 3.63) is 33.8 Å². The van der Waals surface area contributed by atoms with E-state index in [1.165, 1.54) is 0 Å². The molecule has 2 N–H and O–H groups in total. The summed E-state index contributed by atoms with van der Waals surface area (Å²) in [6.07, 6.45) is 1.07. The highest BCUT2D eigenvalue weighted by Crippen LogP contribution is 2.21. The summed E-state index contributed by atoms with van der Waals surface area (Å²) < 4.78 is 0. The zero-order valence-electron chi connectivity index (χ0n) is 10.6. The van der Waals surface area contributed by atoms with Crippen LogP contribution in [0.15, 0.2) is 18.2 Å². The molecule has 1 fully saturated rings. The number of rotatable bonds is 2. The Bertz CT molecular complexity index is 454. The van der Waals surface area contributed by atoms with Gasteiger partial charge in [-0.15, -0.1) is 12.4 Å². The molecule has 0 radical (unpaired) electrons. The summed E-state index contributed by atoms with van der Waals surface area (Å²) in [6, 6.07) is 5.06. The Balaban J connectivity index is 0.00000180. The van der Waals surface area contributed by atoms with Crippen molar-refractivity contribution in [3.63, 3.8) is 0 Å². The number of amides is 1. The molecule has 106 valence electrons. The molecule has 1 heterocycles. The fraction of sp³-hybridized carbons (Fsp3) is 0.462. The van der Waals surface area contributed by atoms with Gasteiger partial charge in [-0.3, -0.25) is 4.79 Å². The third-order valence-electron chi connectivity index (χ3n) is 3.32. The number of carbonyl (C=O) groups excluding carboxylic acids is 1. The van der Waals surface area contributed by atoms with Crippen molar-refractivity contribution in [1.29, 1.82) is 0 Å². The van der Waals surface area contributed by atoms with Crippen LogP contribution < -0.4 is 10.6 Å². The summed E-state index contributed by atoms with van der Waals surface area (Å²) in [5.41, 5.74) is 0.471. The van der Waals surface area contributed by atoms with Crippen molar-refractivity contribution in [1.82, 2.24) is 10.6 Å². The summed E-state index contributed by atoms with van der Waals surface area (Å²) in [4.78, 5) is 12.1. The van der Waals surface area contributed by atoms with Gasteiger partial charge in [-0.05, 0) is 37.1 Å². The van der Waals surface area contributed by atoms with Crippen LogP contribution in [0.2, 0.25) is 10.0 Å². The lowest BCUT2D eigenvalue weighted by Gasteiger charge is -2.30. The minimum atomic E-state index is -0.141. The van der Waals surface area contributed by atoms with Crippen LogP contribution in [-0.4, -0.2) is 25.0 Å². The van der Waals surface area contributed by atoms with Crippen LogP contribution in [0, 0.1) is 5.92 Å². The van der Waals surface area contributed by atoms with Crippen LogP contribution in [0.25, 0.3) is 0 Å². The zero-order valence-corrected chi connectivity index (χ0v) is 12.9. The maximum absolute atomic E-state index is 12.1. The first kappa shape index (κ1) is 16.6. The number of benzene rings is 1. The minimum Gasteiger partial charge on any atom is -0.348 e. The Hall–Kier alpha value is -0.480. The molecule has 3 nitrogen and oxygen atoms in total. The van der Waals surface area contributed by atoms with Gasteiger partial charge in [-0.25, -0.2) is 0 Å². The average molecular weight is 324 g/mol. The molecule has 0 bridgehead atoms. The summed E-state index contributed by atoms with van der Waals surface area (Å²) in [5.74, 6) is 0.332. The average Bonchev–Trinajstić information content (AvgIpc) is 2.32. The molecule has 1 aromatic rings. The predicted molar refractivity (Wildman–Crippen MR) is 81.6 cm³/mol. The fourth-order valence-electron chi connectivity index (χ4n) is 2.10. The highest BCUT2D eigenvalue weighted by molar-refractivity contribution is 6.36. The van der Waals surface area contributed by atoms with Gasteiger partial charge in [0.05, 0.1) is 10.6 Å². The van der Waals surface area contributed by atoms with E-state index in [-0.39, 0.29) is 24.4 Å². The molecule has 2 rings (SSSR count). The first-order chi connectivity index (χ1) is 8.58. The summed E-state index contributed by atoms with van der Waals surface area (Å²) in [7, 11) is 0. The van der Waals surface area contributed by atoms with Gasteiger partial charge in [0.15, 0.2) is 0 Å². The van der Waals surface area contributed by atoms with Crippen molar-refractivity contribution in [2.75, 3.05) is 13.1 Å². The highest BCUT2D eigenvalue weighted by atomic mass is 35.5. The van der Waals surface area contributed by atoms with E-state index in [9.17, 15) is 4.79 Å². The molecule has 1 aromatic carbocycles. The minimum absolute atomic E-state index is 0. The molecule has 2 unspecified atom stereocenters. The topological polar surface area (TPSA) is 41.1 Å². The zero-order chi connectivity index (χ0) is 13.1. The molecule has 0 saturated carbocycles. The maximum Gasteiger partial charge on any atom is 0.253 e. The highest BCUT2D eigenvalue weighted by Gasteiger charge is 2.23.